The first-order chi connectivity index (χ1) is 8.90. The van der Waals surface area contributed by atoms with Gasteiger partial charge in [0.1, 0.15) is 0 Å². The maximum Gasteiger partial charge on any atom is 0.0594 e. The predicted molar refractivity (Wildman–Crippen MR) is 84.3 cm³/mol. The highest BCUT2D eigenvalue weighted by Gasteiger charge is 2.26. The number of hydrogen-bond donors (Lipinski definition) is 0. The SMILES string of the molecule is CCCCCCN1C2=CCSC2=Cc2sccc21. The molecule has 0 aromatic carbocycles. The number of thiophene rings is 1. The summed E-state index contributed by atoms with van der Waals surface area (Å²) in [4.78, 5) is 5.45. The summed E-state index contributed by atoms with van der Waals surface area (Å²) in [5, 5.41) is 2.22. The Bertz CT molecular complexity index is 484. The molecule has 0 saturated carbocycles. The number of nitrogens with zero attached hydrogens (tertiary/aromatic N) is 1. The van der Waals surface area contributed by atoms with Crippen LogP contribution < -0.4 is 4.90 Å². The molecule has 18 heavy (non-hydrogen) atoms. The van der Waals surface area contributed by atoms with Crippen LogP contribution in [0.15, 0.2) is 28.1 Å². The second-order valence-corrected chi connectivity index (χ2v) is 6.80. The topological polar surface area (TPSA) is 3.24 Å². The monoisotopic (exact) mass is 277 g/mol. The maximum atomic E-state index is 2.54. The first-order valence-corrected chi connectivity index (χ1v) is 8.66. The van der Waals surface area contributed by atoms with Gasteiger partial charge >= 0.3 is 0 Å². The van der Waals surface area contributed by atoms with Crippen molar-refractivity contribution < 1.29 is 0 Å². The van der Waals surface area contributed by atoms with E-state index in [1.165, 1.54) is 53.4 Å². The van der Waals surface area contributed by atoms with Crippen molar-refractivity contribution in [1.29, 1.82) is 0 Å². The number of rotatable bonds is 5. The van der Waals surface area contributed by atoms with Crippen molar-refractivity contribution in [3.8, 4) is 0 Å². The lowest BCUT2D eigenvalue weighted by atomic mass is 10.1. The Morgan fingerprint density at radius 3 is 3.11 bits per heavy atom. The number of hydrogen-bond acceptors (Lipinski definition) is 3. The van der Waals surface area contributed by atoms with Crippen molar-refractivity contribution in [3.05, 3.63) is 33.0 Å². The van der Waals surface area contributed by atoms with Crippen LogP contribution in [0.1, 0.15) is 37.5 Å². The van der Waals surface area contributed by atoms with Gasteiger partial charge in [-0.1, -0.05) is 26.2 Å². The quantitative estimate of drug-likeness (QED) is 0.687. The highest BCUT2D eigenvalue weighted by molar-refractivity contribution is 8.03. The second-order valence-electron chi connectivity index (χ2n) is 4.79. The molecule has 0 atom stereocenters. The van der Waals surface area contributed by atoms with Crippen LogP contribution in [0.25, 0.3) is 6.08 Å². The Kier molecular flexibility index (Phi) is 3.80. The Morgan fingerprint density at radius 2 is 2.22 bits per heavy atom. The van der Waals surface area contributed by atoms with Gasteiger partial charge in [-0.25, -0.2) is 0 Å². The molecule has 1 aromatic rings. The lowest BCUT2D eigenvalue weighted by Gasteiger charge is -2.29. The molecule has 0 radical (unpaired) electrons. The summed E-state index contributed by atoms with van der Waals surface area (Å²) in [7, 11) is 0. The van der Waals surface area contributed by atoms with Gasteiger partial charge in [-0.15, -0.1) is 23.1 Å². The van der Waals surface area contributed by atoms with E-state index < -0.39 is 0 Å². The van der Waals surface area contributed by atoms with Crippen LogP contribution in [0.3, 0.4) is 0 Å². The van der Waals surface area contributed by atoms with Crippen molar-refractivity contribution in [3.63, 3.8) is 0 Å². The van der Waals surface area contributed by atoms with Crippen LogP contribution in [0.5, 0.6) is 0 Å². The molecule has 0 spiro atoms. The third-order valence-electron chi connectivity index (χ3n) is 3.52. The number of anilines is 1. The number of unbranched alkanes of at least 4 members (excludes halogenated alkanes) is 3. The van der Waals surface area contributed by atoms with Gasteiger partial charge < -0.3 is 4.90 Å². The highest BCUT2D eigenvalue weighted by atomic mass is 32.2. The van der Waals surface area contributed by atoms with Gasteiger partial charge in [0.2, 0.25) is 0 Å². The lowest BCUT2D eigenvalue weighted by molar-refractivity contribution is 0.663. The van der Waals surface area contributed by atoms with E-state index in [-0.39, 0.29) is 0 Å². The zero-order chi connectivity index (χ0) is 12.4. The molecular weight excluding hydrogens is 258 g/mol. The summed E-state index contributed by atoms with van der Waals surface area (Å²) < 4.78 is 0. The predicted octanol–water partition coefficient (Wildman–Crippen LogP) is 5.12. The molecule has 1 nitrogen and oxygen atoms in total. The highest BCUT2D eigenvalue weighted by Crippen LogP contribution is 2.45. The first kappa shape index (κ1) is 12.4. The second kappa shape index (κ2) is 5.54. The van der Waals surface area contributed by atoms with Crippen LogP contribution in [0.2, 0.25) is 0 Å². The smallest absolute Gasteiger partial charge is 0.0594 e. The maximum absolute atomic E-state index is 2.54. The van der Waals surface area contributed by atoms with Gasteiger partial charge in [-0.3, -0.25) is 0 Å². The summed E-state index contributed by atoms with van der Waals surface area (Å²) in [6.45, 7) is 3.45. The van der Waals surface area contributed by atoms with E-state index in [4.69, 9.17) is 0 Å². The normalized spacial score (nSPS) is 17.3. The van der Waals surface area contributed by atoms with E-state index in [0.717, 1.165) is 5.75 Å². The van der Waals surface area contributed by atoms with Crippen molar-refractivity contribution in [2.75, 3.05) is 17.2 Å². The van der Waals surface area contributed by atoms with Crippen molar-refractivity contribution >= 4 is 34.9 Å². The molecular formula is C15H19NS2. The zero-order valence-electron chi connectivity index (χ0n) is 10.8. The van der Waals surface area contributed by atoms with Crippen LogP contribution in [-0.2, 0) is 0 Å². The lowest BCUT2D eigenvalue weighted by Crippen LogP contribution is -2.25. The van der Waals surface area contributed by atoms with Gasteiger partial charge in [0, 0.05) is 17.2 Å². The van der Waals surface area contributed by atoms with E-state index in [9.17, 15) is 0 Å². The number of thioether (sulfide) groups is 1. The fraction of sp³-hybridized carbons (Fsp3) is 0.467. The van der Waals surface area contributed by atoms with Gasteiger partial charge in [0.15, 0.2) is 0 Å². The Morgan fingerprint density at radius 1 is 1.28 bits per heavy atom. The summed E-state index contributed by atoms with van der Waals surface area (Å²) in [5.74, 6) is 1.14. The van der Waals surface area contributed by atoms with Gasteiger partial charge in [-0.2, -0.15) is 0 Å². The van der Waals surface area contributed by atoms with Gasteiger partial charge in [-0.05, 0) is 30.0 Å². The summed E-state index contributed by atoms with van der Waals surface area (Å²) in [5.41, 5.74) is 2.89. The van der Waals surface area contributed by atoms with E-state index in [1.807, 2.05) is 23.1 Å². The van der Waals surface area contributed by atoms with Crippen LogP contribution in [0.4, 0.5) is 5.69 Å². The molecule has 3 heteroatoms. The first-order valence-electron chi connectivity index (χ1n) is 6.80. The van der Waals surface area contributed by atoms with Crippen LogP contribution >= 0.6 is 23.1 Å². The fourth-order valence-corrected chi connectivity index (χ4v) is 4.44. The summed E-state index contributed by atoms with van der Waals surface area (Å²) in [6.07, 6.45) is 10.1. The third-order valence-corrected chi connectivity index (χ3v) is 5.34. The van der Waals surface area contributed by atoms with E-state index in [2.05, 4.69) is 35.4 Å². The number of fused-ring (bicyclic) bond motifs is 2. The molecule has 3 heterocycles. The van der Waals surface area contributed by atoms with Gasteiger partial charge in [0.25, 0.3) is 0 Å². The van der Waals surface area contributed by atoms with E-state index in [0.29, 0.717) is 0 Å². The molecule has 0 N–H and O–H groups in total. The van der Waals surface area contributed by atoms with Crippen molar-refractivity contribution in [1.82, 2.24) is 0 Å². The Hall–Kier alpha value is -0.670. The molecule has 0 aliphatic carbocycles. The molecule has 0 unspecified atom stereocenters. The minimum atomic E-state index is 1.14. The zero-order valence-corrected chi connectivity index (χ0v) is 12.4. The summed E-state index contributed by atoms with van der Waals surface area (Å²) >= 11 is 3.84. The van der Waals surface area contributed by atoms with Crippen molar-refractivity contribution in [2.24, 2.45) is 0 Å². The molecule has 0 bridgehead atoms. The van der Waals surface area contributed by atoms with E-state index >= 15 is 0 Å². The molecule has 0 fully saturated rings. The average Bonchev–Trinajstić information content (AvgIpc) is 3.01. The molecule has 2 aliphatic heterocycles. The average molecular weight is 277 g/mol. The Labute approximate surface area is 118 Å². The van der Waals surface area contributed by atoms with E-state index in [1.54, 1.807) is 0 Å². The molecule has 1 aromatic heterocycles. The Balaban J connectivity index is 1.77. The third kappa shape index (κ3) is 2.26. The summed E-state index contributed by atoms with van der Waals surface area (Å²) in [6, 6.07) is 2.27. The van der Waals surface area contributed by atoms with Gasteiger partial charge in [0.05, 0.1) is 16.3 Å². The fourth-order valence-electron chi connectivity index (χ4n) is 2.58. The molecule has 0 saturated heterocycles. The molecule has 96 valence electrons. The van der Waals surface area contributed by atoms with Crippen molar-refractivity contribution in [2.45, 2.75) is 32.6 Å². The van der Waals surface area contributed by atoms with Crippen LogP contribution in [0, 0.1) is 0 Å². The molecule has 2 aliphatic rings. The van der Waals surface area contributed by atoms with Crippen LogP contribution in [-0.4, -0.2) is 12.3 Å². The minimum absolute atomic E-state index is 1.14. The largest absolute Gasteiger partial charge is 0.340 e. The molecule has 0 amide bonds. The minimum Gasteiger partial charge on any atom is -0.340 e. The molecule has 3 rings (SSSR count). The standard InChI is InChI=1S/C15H19NS2/c1-2-3-4-5-8-16-12-6-9-17-14(12)11-15-13(16)7-10-18-15/h6-7,9,11H,2-5,8,10H2,1H3.